The number of para-hydroxylation sites is 1. The van der Waals surface area contributed by atoms with Gasteiger partial charge in [0.25, 0.3) is 0 Å². The fourth-order valence-corrected chi connectivity index (χ4v) is 5.34. The van der Waals surface area contributed by atoms with Crippen molar-refractivity contribution in [3.8, 4) is 0 Å². The summed E-state index contributed by atoms with van der Waals surface area (Å²) in [5.74, 6) is 0.390. The van der Waals surface area contributed by atoms with Crippen LogP contribution in [-0.2, 0) is 16.1 Å². The molecule has 0 spiro atoms. The first kappa shape index (κ1) is 19.2. The Balaban J connectivity index is 1.49. The Morgan fingerprint density at radius 1 is 1.11 bits per heavy atom. The molecule has 3 aliphatic heterocycles. The van der Waals surface area contributed by atoms with Gasteiger partial charge in [0.15, 0.2) is 0 Å². The van der Waals surface area contributed by atoms with Crippen molar-refractivity contribution in [1.29, 1.82) is 0 Å². The Morgan fingerprint density at radius 2 is 1.86 bits per heavy atom. The molecule has 1 aromatic carbocycles. The van der Waals surface area contributed by atoms with Crippen molar-refractivity contribution in [1.82, 2.24) is 15.1 Å². The molecule has 6 nitrogen and oxygen atoms in total. The van der Waals surface area contributed by atoms with Crippen LogP contribution in [0.2, 0.25) is 0 Å². The molecule has 1 N–H and O–H groups in total. The second kappa shape index (κ2) is 7.74. The number of carbonyl (C=O) groups excluding carboxylic acids is 2. The predicted molar refractivity (Wildman–Crippen MR) is 110 cm³/mol. The highest BCUT2D eigenvalue weighted by Gasteiger charge is 2.50. The van der Waals surface area contributed by atoms with E-state index >= 15 is 0 Å². The first-order chi connectivity index (χ1) is 13.5. The molecule has 3 heterocycles. The van der Waals surface area contributed by atoms with Crippen molar-refractivity contribution in [3.05, 3.63) is 29.8 Å². The van der Waals surface area contributed by atoms with Crippen LogP contribution in [-0.4, -0.2) is 66.4 Å². The number of hydrogen-bond acceptors (Lipinski definition) is 4. The van der Waals surface area contributed by atoms with Crippen LogP contribution < -0.4 is 10.2 Å². The van der Waals surface area contributed by atoms with Crippen molar-refractivity contribution in [2.45, 2.75) is 45.2 Å². The number of piperidine rings is 1. The van der Waals surface area contributed by atoms with E-state index in [-0.39, 0.29) is 23.3 Å². The summed E-state index contributed by atoms with van der Waals surface area (Å²) in [6.45, 7) is 9.68. The zero-order valence-electron chi connectivity index (χ0n) is 17.1. The highest BCUT2D eigenvalue weighted by atomic mass is 16.2. The molecule has 3 aliphatic rings. The van der Waals surface area contributed by atoms with Gasteiger partial charge in [-0.15, -0.1) is 0 Å². The van der Waals surface area contributed by atoms with Gasteiger partial charge in [0.05, 0.1) is 5.54 Å². The van der Waals surface area contributed by atoms with E-state index in [0.717, 1.165) is 45.7 Å². The minimum Gasteiger partial charge on any atom is -0.371 e. The van der Waals surface area contributed by atoms with Crippen LogP contribution in [0.4, 0.5) is 5.69 Å². The van der Waals surface area contributed by atoms with Gasteiger partial charge in [0, 0.05) is 71.3 Å². The molecule has 28 heavy (non-hydrogen) atoms. The number of hydrogen-bond donors (Lipinski definition) is 1. The summed E-state index contributed by atoms with van der Waals surface area (Å²) in [5.41, 5.74) is 2.50. The maximum absolute atomic E-state index is 12.0. The molecular weight excluding hydrogens is 352 g/mol. The third-order valence-electron chi connectivity index (χ3n) is 6.75. The molecule has 1 aromatic rings. The Morgan fingerprint density at radius 3 is 2.57 bits per heavy atom. The van der Waals surface area contributed by atoms with Crippen molar-refractivity contribution in [2.75, 3.05) is 44.2 Å². The SMILES string of the molecule is CC(=O)N[C@@]12CCN(Cc3ccccc3N3CCCC3)C[C@@H]1CN(C(C)=O)C2. The van der Waals surface area contributed by atoms with Gasteiger partial charge >= 0.3 is 0 Å². The average Bonchev–Trinajstić information content (AvgIpc) is 3.29. The summed E-state index contributed by atoms with van der Waals surface area (Å²) < 4.78 is 0. The van der Waals surface area contributed by atoms with Gasteiger partial charge in [-0.1, -0.05) is 18.2 Å². The molecule has 2 amide bonds. The molecular formula is C22H32N4O2. The van der Waals surface area contributed by atoms with E-state index in [1.165, 1.54) is 24.1 Å². The van der Waals surface area contributed by atoms with Crippen molar-refractivity contribution in [3.63, 3.8) is 0 Å². The zero-order valence-corrected chi connectivity index (χ0v) is 17.1. The molecule has 3 fully saturated rings. The molecule has 2 atom stereocenters. The summed E-state index contributed by atoms with van der Waals surface area (Å²) in [4.78, 5) is 30.7. The quantitative estimate of drug-likeness (QED) is 0.861. The number of likely N-dealkylation sites (tertiary alicyclic amines) is 2. The van der Waals surface area contributed by atoms with Gasteiger partial charge in [-0.2, -0.15) is 0 Å². The highest BCUT2D eigenvalue weighted by Crippen LogP contribution is 2.36. The van der Waals surface area contributed by atoms with Crippen LogP contribution in [0.5, 0.6) is 0 Å². The number of carbonyl (C=O) groups is 2. The number of anilines is 1. The van der Waals surface area contributed by atoms with Gasteiger partial charge in [-0.05, 0) is 30.9 Å². The van der Waals surface area contributed by atoms with Crippen LogP contribution in [0.25, 0.3) is 0 Å². The number of fused-ring (bicyclic) bond motifs is 1. The largest absolute Gasteiger partial charge is 0.371 e. The predicted octanol–water partition coefficient (Wildman–Crippen LogP) is 1.85. The summed E-state index contributed by atoms with van der Waals surface area (Å²) in [5, 5.41) is 3.21. The molecule has 6 heteroatoms. The first-order valence-corrected chi connectivity index (χ1v) is 10.6. The van der Waals surface area contributed by atoms with Crippen molar-refractivity contribution in [2.24, 2.45) is 5.92 Å². The fraction of sp³-hybridized carbons (Fsp3) is 0.636. The first-order valence-electron chi connectivity index (χ1n) is 10.6. The molecule has 0 bridgehead atoms. The van der Waals surface area contributed by atoms with E-state index in [1.54, 1.807) is 13.8 Å². The molecule has 152 valence electrons. The lowest BCUT2D eigenvalue weighted by atomic mass is 9.80. The van der Waals surface area contributed by atoms with Gasteiger partial charge in [-0.25, -0.2) is 0 Å². The van der Waals surface area contributed by atoms with E-state index in [4.69, 9.17) is 0 Å². The third-order valence-corrected chi connectivity index (χ3v) is 6.75. The number of amides is 2. The summed E-state index contributed by atoms with van der Waals surface area (Å²) in [6.07, 6.45) is 3.45. The monoisotopic (exact) mass is 384 g/mol. The molecule has 0 unspecified atom stereocenters. The lowest BCUT2D eigenvalue weighted by Gasteiger charge is -2.44. The average molecular weight is 385 g/mol. The highest BCUT2D eigenvalue weighted by molar-refractivity contribution is 5.76. The molecule has 0 aromatic heterocycles. The topological polar surface area (TPSA) is 55.9 Å². The number of rotatable bonds is 4. The zero-order chi connectivity index (χ0) is 19.7. The van der Waals surface area contributed by atoms with E-state index in [2.05, 4.69) is 39.4 Å². The molecule has 0 saturated carbocycles. The van der Waals surface area contributed by atoms with Crippen LogP contribution in [0.3, 0.4) is 0 Å². The summed E-state index contributed by atoms with van der Waals surface area (Å²) in [6, 6.07) is 8.77. The van der Waals surface area contributed by atoms with Gasteiger partial charge in [0.1, 0.15) is 0 Å². The minimum atomic E-state index is -0.261. The smallest absolute Gasteiger partial charge is 0.219 e. The van der Waals surface area contributed by atoms with Crippen molar-refractivity contribution < 1.29 is 9.59 Å². The van der Waals surface area contributed by atoms with Crippen LogP contribution in [0.1, 0.15) is 38.7 Å². The second-order valence-electron chi connectivity index (χ2n) is 8.74. The fourth-order valence-electron chi connectivity index (χ4n) is 5.34. The summed E-state index contributed by atoms with van der Waals surface area (Å²) >= 11 is 0. The molecule has 0 aliphatic carbocycles. The minimum absolute atomic E-state index is 0.00299. The van der Waals surface area contributed by atoms with Gasteiger partial charge in [0.2, 0.25) is 11.8 Å². The van der Waals surface area contributed by atoms with E-state index in [9.17, 15) is 9.59 Å². The number of nitrogens with one attached hydrogen (secondary N) is 1. The lowest BCUT2D eigenvalue weighted by molar-refractivity contribution is -0.128. The van der Waals surface area contributed by atoms with E-state index < -0.39 is 0 Å². The molecule has 4 rings (SSSR count). The maximum Gasteiger partial charge on any atom is 0.219 e. The van der Waals surface area contributed by atoms with E-state index in [1.807, 2.05) is 4.90 Å². The van der Waals surface area contributed by atoms with E-state index in [0.29, 0.717) is 6.54 Å². The Hall–Kier alpha value is -2.08. The van der Waals surface area contributed by atoms with Crippen molar-refractivity contribution >= 4 is 17.5 Å². The third kappa shape index (κ3) is 3.75. The Kier molecular flexibility index (Phi) is 5.32. The molecule has 3 saturated heterocycles. The molecule has 0 radical (unpaired) electrons. The normalized spacial score (nSPS) is 27.7. The Bertz CT molecular complexity index is 746. The van der Waals surface area contributed by atoms with Crippen LogP contribution in [0, 0.1) is 5.92 Å². The van der Waals surface area contributed by atoms with Crippen LogP contribution in [0.15, 0.2) is 24.3 Å². The number of benzene rings is 1. The second-order valence-corrected chi connectivity index (χ2v) is 8.74. The van der Waals surface area contributed by atoms with Crippen LogP contribution >= 0.6 is 0 Å². The maximum atomic E-state index is 12.0. The van der Waals surface area contributed by atoms with Gasteiger partial charge < -0.3 is 15.1 Å². The Labute approximate surface area is 167 Å². The number of nitrogens with zero attached hydrogens (tertiary/aromatic N) is 3. The standard InChI is InChI=1S/C22H32N4O2/c1-17(27)23-22-9-12-24(14-20(22)15-26(16-22)18(2)28)13-19-7-3-4-8-21(19)25-10-5-6-11-25/h3-4,7-8,20H,5-6,9-16H2,1-2H3,(H,23,27)/t20-,22-/m1/s1. The van der Waals surface area contributed by atoms with Gasteiger partial charge in [-0.3, -0.25) is 14.5 Å². The summed E-state index contributed by atoms with van der Waals surface area (Å²) in [7, 11) is 0. The lowest BCUT2D eigenvalue weighted by Crippen LogP contribution is -2.60.